The zero-order chi connectivity index (χ0) is 6.12. The van der Waals surface area contributed by atoms with E-state index in [0.29, 0.717) is 0 Å². The average molecular weight is 138 g/mol. The summed E-state index contributed by atoms with van der Waals surface area (Å²) in [5.41, 5.74) is 0. The van der Waals surface area contributed by atoms with Gasteiger partial charge in [0.2, 0.25) is 0 Å². The molecule has 0 aliphatic rings. The Morgan fingerprint density at radius 2 is 1.29 bits per heavy atom. The largest absolute Gasteiger partial charge is 0.155 e. The molecular weight excluding hydrogens is 124 g/mol. The Balaban J connectivity index is 0. The van der Waals surface area contributed by atoms with Gasteiger partial charge in [-0.15, -0.1) is 0 Å². The Morgan fingerprint density at radius 3 is 1.29 bits per heavy atom. The molecule has 2 heteroatoms. The molecule has 0 unspecified atom stereocenters. The molecule has 0 aromatic rings. The molecule has 0 saturated carbocycles. The third-order valence-electron chi connectivity index (χ3n) is 0.236. The molecule has 0 aliphatic carbocycles. The SMILES string of the molecule is CC.CSCSC. The first-order valence-corrected chi connectivity index (χ1v) is 5.18. The first-order valence-electron chi connectivity index (χ1n) is 2.39. The highest BCUT2D eigenvalue weighted by molar-refractivity contribution is 8.15. The lowest BCUT2D eigenvalue weighted by Crippen LogP contribution is -1.56. The summed E-state index contributed by atoms with van der Waals surface area (Å²) in [5, 5.41) is 1.22. The predicted molar refractivity (Wildman–Crippen MR) is 43.2 cm³/mol. The summed E-state index contributed by atoms with van der Waals surface area (Å²) < 4.78 is 0. The average Bonchev–Trinajstić information content (AvgIpc) is 1.75. The van der Waals surface area contributed by atoms with Crippen molar-refractivity contribution < 1.29 is 0 Å². The van der Waals surface area contributed by atoms with E-state index in [0.717, 1.165) is 0 Å². The Kier molecular flexibility index (Phi) is 24.2. The Labute approximate surface area is 55.5 Å². The monoisotopic (exact) mass is 138 g/mol. The summed E-state index contributed by atoms with van der Waals surface area (Å²) in [6.45, 7) is 4.00. The van der Waals surface area contributed by atoms with Gasteiger partial charge in [-0.05, 0) is 12.5 Å². The molecular formula is C5H14S2. The fourth-order valence-electron chi connectivity index (χ4n) is 0.118. The second-order valence-corrected chi connectivity index (χ2v) is 2.79. The van der Waals surface area contributed by atoms with Crippen LogP contribution in [-0.2, 0) is 0 Å². The molecule has 0 N–H and O–H groups in total. The molecule has 0 fully saturated rings. The van der Waals surface area contributed by atoms with Gasteiger partial charge < -0.3 is 0 Å². The Morgan fingerprint density at radius 1 is 1.00 bits per heavy atom. The van der Waals surface area contributed by atoms with Gasteiger partial charge in [0.25, 0.3) is 0 Å². The maximum atomic E-state index is 2.11. The highest BCUT2D eigenvalue weighted by atomic mass is 32.2. The smallest absolute Gasteiger partial charge is 0.0386 e. The number of rotatable bonds is 2. The van der Waals surface area contributed by atoms with Crippen molar-refractivity contribution in [3.8, 4) is 0 Å². The first kappa shape index (κ1) is 10.6. The molecule has 0 nitrogen and oxygen atoms in total. The maximum absolute atomic E-state index is 2.11. The van der Waals surface area contributed by atoms with Crippen LogP contribution in [0.3, 0.4) is 0 Å². The van der Waals surface area contributed by atoms with Crippen LogP contribution in [-0.4, -0.2) is 17.6 Å². The third-order valence-corrected chi connectivity index (χ3v) is 2.12. The lowest BCUT2D eigenvalue weighted by atomic mass is 11.0. The molecule has 0 radical (unpaired) electrons. The standard InChI is InChI=1S/C3H8S2.C2H6/c1-4-3-5-2;1-2/h3H2,1-2H3;1-2H3. The fraction of sp³-hybridized carbons (Fsp3) is 1.00. The molecule has 7 heavy (non-hydrogen) atoms. The van der Waals surface area contributed by atoms with Crippen LogP contribution >= 0.6 is 23.5 Å². The van der Waals surface area contributed by atoms with Gasteiger partial charge >= 0.3 is 0 Å². The molecule has 0 aliphatic heterocycles. The first-order chi connectivity index (χ1) is 3.41. The fourth-order valence-corrected chi connectivity index (χ4v) is 1.06. The second-order valence-electron chi connectivity index (χ2n) is 0.695. The van der Waals surface area contributed by atoms with E-state index in [4.69, 9.17) is 0 Å². The summed E-state index contributed by atoms with van der Waals surface area (Å²) in [6, 6.07) is 0. The predicted octanol–water partition coefficient (Wildman–Crippen LogP) is 2.70. The number of hydrogen-bond acceptors (Lipinski definition) is 2. The van der Waals surface area contributed by atoms with Crippen molar-refractivity contribution in [2.45, 2.75) is 13.8 Å². The van der Waals surface area contributed by atoms with Crippen molar-refractivity contribution in [2.24, 2.45) is 0 Å². The van der Waals surface area contributed by atoms with Crippen molar-refractivity contribution >= 4 is 23.5 Å². The van der Waals surface area contributed by atoms with Gasteiger partial charge in [0.05, 0.1) is 0 Å². The topological polar surface area (TPSA) is 0 Å². The molecule has 0 aromatic carbocycles. The van der Waals surface area contributed by atoms with Crippen LogP contribution in [0.5, 0.6) is 0 Å². The van der Waals surface area contributed by atoms with Crippen LogP contribution in [0.25, 0.3) is 0 Å². The minimum absolute atomic E-state index is 1.22. The lowest BCUT2D eigenvalue weighted by molar-refractivity contribution is 1.50. The Bertz CT molecular complexity index is 13.6. The second kappa shape index (κ2) is 15.9. The summed E-state index contributed by atoms with van der Waals surface area (Å²) in [4.78, 5) is 0. The molecule has 0 aromatic heterocycles. The highest BCUT2D eigenvalue weighted by Crippen LogP contribution is 2.01. The summed E-state index contributed by atoms with van der Waals surface area (Å²) in [6.07, 6.45) is 4.22. The van der Waals surface area contributed by atoms with Gasteiger partial charge in [0, 0.05) is 5.08 Å². The molecule has 0 atom stereocenters. The van der Waals surface area contributed by atoms with Gasteiger partial charge in [-0.25, -0.2) is 0 Å². The van der Waals surface area contributed by atoms with Crippen molar-refractivity contribution in [1.82, 2.24) is 0 Å². The van der Waals surface area contributed by atoms with Crippen LogP contribution in [0.15, 0.2) is 0 Å². The summed E-state index contributed by atoms with van der Waals surface area (Å²) >= 11 is 3.73. The van der Waals surface area contributed by atoms with E-state index in [1.807, 2.05) is 37.4 Å². The van der Waals surface area contributed by atoms with E-state index in [1.165, 1.54) is 5.08 Å². The van der Waals surface area contributed by atoms with Crippen molar-refractivity contribution in [1.29, 1.82) is 0 Å². The van der Waals surface area contributed by atoms with Crippen molar-refractivity contribution in [3.05, 3.63) is 0 Å². The zero-order valence-corrected chi connectivity index (χ0v) is 7.16. The number of thioether (sulfide) groups is 2. The molecule has 0 heterocycles. The Hall–Kier alpha value is 0.700. The van der Waals surface area contributed by atoms with E-state index in [2.05, 4.69) is 12.5 Å². The van der Waals surface area contributed by atoms with E-state index in [9.17, 15) is 0 Å². The molecule has 46 valence electrons. The lowest BCUT2D eigenvalue weighted by Gasteiger charge is -1.80. The van der Waals surface area contributed by atoms with E-state index < -0.39 is 0 Å². The maximum Gasteiger partial charge on any atom is 0.0386 e. The van der Waals surface area contributed by atoms with E-state index in [-0.39, 0.29) is 0 Å². The van der Waals surface area contributed by atoms with Crippen LogP contribution in [0.1, 0.15) is 13.8 Å². The van der Waals surface area contributed by atoms with Crippen LogP contribution in [0.2, 0.25) is 0 Å². The van der Waals surface area contributed by atoms with Gasteiger partial charge in [-0.1, -0.05) is 13.8 Å². The minimum Gasteiger partial charge on any atom is -0.155 e. The molecule has 0 saturated heterocycles. The zero-order valence-electron chi connectivity index (χ0n) is 5.52. The van der Waals surface area contributed by atoms with Gasteiger partial charge in [0.1, 0.15) is 0 Å². The van der Waals surface area contributed by atoms with Gasteiger partial charge in [-0.2, -0.15) is 23.5 Å². The van der Waals surface area contributed by atoms with Crippen molar-refractivity contribution in [2.75, 3.05) is 17.6 Å². The van der Waals surface area contributed by atoms with Crippen LogP contribution < -0.4 is 0 Å². The summed E-state index contributed by atoms with van der Waals surface area (Å²) in [7, 11) is 0. The number of hydrogen-bond donors (Lipinski definition) is 0. The molecule has 0 amide bonds. The third kappa shape index (κ3) is 20.3. The molecule has 0 spiro atoms. The van der Waals surface area contributed by atoms with E-state index >= 15 is 0 Å². The van der Waals surface area contributed by atoms with E-state index in [1.54, 1.807) is 0 Å². The normalized spacial score (nSPS) is 6.86. The van der Waals surface area contributed by atoms with Crippen LogP contribution in [0.4, 0.5) is 0 Å². The minimum atomic E-state index is 1.22. The quantitative estimate of drug-likeness (QED) is 0.538. The van der Waals surface area contributed by atoms with Gasteiger partial charge in [0.15, 0.2) is 0 Å². The van der Waals surface area contributed by atoms with Gasteiger partial charge in [-0.3, -0.25) is 0 Å². The van der Waals surface area contributed by atoms with Crippen molar-refractivity contribution in [3.63, 3.8) is 0 Å². The molecule has 0 rings (SSSR count). The van der Waals surface area contributed by atoms with Crippen LogP contribution in [0, 0.1) is 0 Å². The summed E-state index contributed by atoms with van der Waals surface area (Å²) in [5.74, 6) is 0. The highest BCUT2D eigenvalue weighted by Gasteiger charge is 1.67. The molecule has 0 bridgehead atoms.